The largest absolute Gasteiger partial charge is 0.333 e. The second-order valence-electron chi connectivity index (χ2n) is 1.50. The molecule has 0 aromatic heterocycles. The van der Waals surface area contributed by atoms with Gasteiger partial charge in [0.15, 0.2) is 1.41 Å². The second kappa shape index (κ2) is 1.99. The molecule has 0 saturated heterocycles. The smallest absolute Gasteiger partial charge is 0.224 e. The van der Waals surface area contributed by atoms with E-state index in [4.69, 9.17) is 6.89 Å². The highest BCUT2D eigenvalue weighted by molar-refractivity contribution is 5.78. The fourth-order valence-electron chi connectivity index (χ4n) is 0.372. The molecule has 0 unspecified atom stereocenters. The third-order valence-electron chi connectivity index (χ3n) is 0.742. The molecular weight excluding hydrogens is 102 g/mol. The van der Waals surface area contributed by atoms with Crippen LogP contribution in [0.25, 0.3) is 0 Å². The van der Waals surface area contributed by atoms with Gasteiger partial charge in [-0.2, -0.15) is 0 Å². The SMILES string of the molecule is [2H]N1C=C(C)C([2H])([2H])C([2H])([2H])C1=O. The van der Waals surface area contributed by atoms with Gasteiger partial charge >= 0.3 is 0 Å². The van der Waals surface area contributed by atoms with Crippen LogP contribution in [0.3, 0.4) is 0 Å². The summed E-state index contributed by atoms with van der Waals surface area (Å²) in [6, 6.07) is 0. The first-order valence-electron chi connectivity index (χ1n) is 4.67. The number of hydrogen-bond donors (Lipinski definition) is 1. The van der Waals surface area contributed by atoms with E-state index >= 15 is 0 Å². The minimum absolute atomic E-state index is 0.0344. The number of rotatable bonds is 0. The highest BCUT2D eigenvalue weighted by atomic mass is 16.1. The third-order valence-corrected chi connectivity index (χ3v) is 0.742. The van der Waals surface area contributed by atoms with Crippen molar-refractivity contribution in [3.05, 3.63) is 11.8 Å². The van der Waals surface area contributed by atoms with Gasteiger partial charge in [0.1, 0.15) is 0 Å². The van der Waals surface area contributed by atoms with Crippen molar-refractivity contribution < 1.29 is 11.7 Å². The number of allylic oxidation sites excluding steroid dienone is 1. The first-order chi connectivity index (χ1) is 5.71. The fraction of sp³-hybridized carbons (Fsp3) is 0.500. The molecule has 2 nitrogen and oxygen atoms in total. The Morgan fingerprint density at radius 3 is 3.50 bits per heavy atom. The summed E-state index contributed by atoms with van der Waals surface area (Å²) in [6.07, 6.45) is -4.00. The standard InChI is InChI=1S/C6H9NO/c1-5-2-3-6(8)7-4-5/h4H,2-3H2,1H3,(H,7,8)/i2D2,3D2/hD. The van der Waals surface area contributed by atoms with Gasteiger partial charge in [-0.1, -0.05) is 5.57 Å². The van der Waals surface area contributed by atoms with E-state index in [2.05, 4.69) is 0 Å². The fourth-order valence-corrected chi connectivity index (χ4v) is 0.372. The predicted molar refractivity (Wildman–Crippen MR) is 31.1 cm³/mol. The zero-order chi connectivity index (χ0) is 10.4. The highest BCUT2D eigenvalue weighted by Gasteiger charge is 2.04. The van der Waals surface area contributed by atoms with Gasteiger partial charge < -0.3 is 5.31 Å². The molecular formula is C6H9NO. The van der Waals surface area contributed by atoms with Crippen LogP contribution in [-0.4, -0.2) is 5.91 Å². The Bertz CT molecular complexity index is 285. The zero-order valence-corrected chi connectivity index (χ0v) is 4.43. The maximum atomic E-state index is 11.1. The summed E-state index contributed by atoms with van der Waals surface area (Å²) >= 11 is 0. The molecule has 1 rings (SSSR count). The number of amides is 1. The van der Waals surface area contributed by atoms with Crippen LogP contribution in [0.2, 0.25) is 1.41 Å². The van der Waals surface area contributed by atoms with Gasteiger partial charge in [0, 0.05) is 18.1 Å². The van der Waals surface area contributed by atoms with Crippen molar-refractivity contribution in [1.82, 2.24) is 5.31 Å². The quantitative estimate of drug-likeness (QED) is 0.498. The Labute approximate surface area is 55.7 Å². The molecule has 1 N–H and O–H groups in total. The molecule has 8 heavy (non-hydrogen) atoms. The lowest BCUT2D eigenvalue weighted by Crippen LogP contribution is -2.20. The van der Waals surface area contributed by atoms with Crippen molar-refractivity contribution in [2.45, 2.75) is 19.7 Å². The van der Waals surface area contributed by atoms with Gasteiger partial charge in [-0.25, -0.2) is 0 Å². The van der Waals surface area contributed by atoms with Gasteiger partial charge in [0.25, 0.3) is 0 Å². The monoisotopic (exact) mass is 116 g/mol. The van der Waals surface area contributed by atoms with Crippen LogP contribution in [0.1, 0.15) is 25.2 Å². The summed E-state index contributed by atoms with van der Waals surface area (Å²) in [5.74, 6) is -1.18. The molecule has 44 valence electrons. The Kier molecular flexibility index (Phi) is 0.463. The zero-order valence-electron chi connectivity index (χ0n) is 9.43. The molecule has 1 aliphatic heterocycles. The molecule has 1 aliphatic rings. The predicted octanol–water partition coefficient (Wildman–Crippen LogP) is 0.800. The van der Waals surface area contributed by atoms with Gasteiger partial charge in [0.2, 0.25) is 5.91 Å². The van der Waals surface area contributed by atoms with Crippen molar-refractivity contribution in [1.29, 1.82) is 0 Å². The average molecular weight is 116 g/mol. The van der Waals surface area contributed by atoms with E-state index in [1.54, 1.807) is 0 Å². The van der Waals surface area contributed by atoms with Crippen LogP contribution in [0.4, 0.5) is 0 Å². The third kappa shape index (κ3) is 1.09. The van der Waals surface area contributed by atoms with E-state index in [9.17, 15) is 4.79 Å². The van der Waals surface area contributed by atoms with Gasteiger partial charge in [-0.15, -0.1) is 0 Å². The lowest BCUT2D eigenvalue weighted by atomic mass is 10.1. The van der Waals surface area contributed by atoms with Crippen LogP contribution < -0.4 is 5.31 Å². The number of hydrogen-bond acceptors (Lipinski definition) is 1. The van der Waals surface area contributed by atoms with E-state index in [1.807, 2.05) is 0 Å². The Balaban J connectivity index is 3.27. The molecule has 0 radical (unpaired) electrons. The van der Waals surface area contributed by atoms with E-state index in [1.165, 1.54) is 6.92 Å². The Hall–Kier alpha value is -0.790. The number of carbonyl (C=O) groups is 1. The van der Waals surface area contributed by atoms with Gasteiger partial charge in [-0.3, -0.25) is 4.79 Å². The van der Waals surface area contributed by atoms with E-state index in [-0.39, 0.29) is 5.57 Å². The summed E-state index contributed by atoms with van der Waals surface area (Å²) in [6.45, 7) is 1.35. The summed E-state index contributed by atoms with van der Waals surface area (Å²) in [5, 5.41) is 0.330. The molecule has 2 heteroatoms. The summed E-state index contributed by atoms with van der Waals surface area (Å²) in [5.41, 5.74) is 0.0344. The first-order valence-corrected chi connectivity index (χ1v) is 2.22. The molecule has 1 heterocycles. The molecule has 0 aromatic rings. The van der Waals surface area contributed by atoms with Crippen molar-refractivity contribution in [2.24, 2.45) is 0 Å². The van der Waals surface area contributed by atoms with Crippen LogP contribution >= 0.6 is 0 Å². The molecule has 0 atom stereocenters. The number of nitrogens with one attached hydrogen (secondary N) is 1. The first kappa shape index (κ1) is 1.87. The number of carbonyl (C=O) groups excluding carboxylic acids is 1. The van der Waals surface area contributed by atoms with Crippen LogP contribution in [0.15, 0.2) is 11.8 Å². The molecule has 0 bridgehead atoms. The van der Waals surface area contributed by atoms with Crippen LogP contribution in [-0.2, 0) is 4.79 Å². The lowest BCUT2D eigenvalue weighted by molar-refractivity contribution is -0.120. The molecule has 1 amide bonds. The summed E-state index contributed by atoms with van der Waals surface area (Å²) in [4.78, 5) is 11.1. The Morgan fingerprint density at radius 2 is 2.75 bits per heavy atom. The van der Waals surface area contributed by atoms with E-state index in [0.29, 0.717) is 5.31 Å². The van der Waals surface area contributed by atoms with Crippen molar-refractivity contribution >= 4 is 5.91 Å². The van der Waals surface area contributed by atoms with Crippen molar-refractivity contribution in [3.63, 3.8) is 0 Å². The van der Waals surface area contributed by atoms with Crippen molar-refractivity contribution in [3.8, 4) is 0 Å². The van der Waals surface area contributed by atoms with E-state index in [0.717, 1.165) is 6.20 Å². The summed E-state index contributed by atoms with van der Waals surface area (Å²) < 4.78 is 36.2. The van der Waals surface area contributed by atoms with Crippen LogP contribution in [0, 0.1) is 0 Å². The minimum Gasteiger partial charge on any atom is -0.333 e. The maximum absolute atomic E-state index is 11.1. The average Bonchev–Trinajstić information content (AvgIpc) is 2.00. The van der Waals surface area contributed by atoms with Gasteiger partial charge in [-0.05, 0) is 13.3 Å². The second-order valence-corrected chi connectivity index (χ2v) is 1.50. The van der Waals surface area contributed by atoms with Crippen molar-refractivity contribution in [2.75, 3.05) is 0 Å². The summed E-state index contributed by atoms with van der Waals surface area (Å²) in [7, 11) is 0. The van der Waals surface area contributed by atoms with Gasteiger partial charge in [0.05, 0.1) is 0 Å². The molecule has 0 saturated carbocycles. The topological polar surface area (TPSA) is 29.1 Å². The molecule has 0 spiro atoms. The Morgan fingerprint density at radius 1 is 2.00 bits per heavy atom. The molecule has 0 fully saturated rings. The minimum atomic E-state index is -2.66. The normalized spacial score (nSPS) is 42.6. The molecule has 0 aliphatic carbocycles. The van der Waals surface area contributed by atoms with Crippen LogP contribution in [0.5, 0.6) is 0 Å². The maximum Gasteiger partial charge on any atom is 0.224 e. The lowest BCUT2D eigenvalue weighted by Gasteiger charge is -2.07. The highest BCUT2D eigenvalue weighted by Crippen LogP contribution is 2.05. The molecule has 0 aromatic carbocycles. The van der Waals surface area contributed by atoms with E-state index < -0.39 is 18.7 Å².